The highest BCUT2D eigenvalue weighted by atomic mass is 32.1. The monoisotopic (exact) mass is 413 g/mol. The summed E-state index contributed by atoms with van der Waals surface area (Å²) in [6, 6.07) is 12.8. The third kappa shape index (κ3) is 5.39. The van der Waals surface area contributed by atoms with Crippen LogP contribution in [0.15, 0.2) is 48.5 Å². The molecule has 0 fully saturated rings. The summed E-state index contributed by atoms with van der Waals surface area (Å²) in [5.74, 6) is -0.505. The van der Waals surface area contributed by atoms with E-state index in [-0.39, 0.29) is 5.82 Å². The lowest BCUT2D eigenvalue weighted by atomic mass is 10.1. The van der Waals surface area contributed by atoms with E-state index < -0.39 is 11.8 Å². The third-order valence-electron chi connectivity index (χ3n) is 4.03. The lowest BCUT2D eigenvalue weighted by Crippen LogP contribution is -2.41. The maximum absolute atomic E-state index is 13.0. The predicted octanol–water partition coefficient (Wildman–Crippen LogP) is 3.65. The number of nitrogens with one attached hydrogen (secondary N) is 2. The molecule has 8 heteroatoms. The van der Waals surface area contributed by atoms with Gasteiger partial charge in [-0.05, 0) is 55.8 Å². The first kappa shape index (κ1) is 20.5. The Hall–Kier alpha value is -3.26. The molecule has 1 aromatic heterocycles. The van der Waals surface area contributed by atoms with E-state index >= 15 is 0 Å². The number of hydrogen-bond donors (Lipinski definition) is 2. The summed E-state index contributed by atoms with van der Waals surface area (Å²) in [7, 11) is 0. The van der Waals surface area contributed by atoms with Crippen LogP contribution in [-0.2, 0) is 6.42 Å². The van der Waals surface area contributed by atoms with Gasteiger partial charge in [0.1, 0.15) is 16.4 Å². The molecule has 0 saturated heterocycles. The van der Waals surface area contributed by atoms with Gasteiger partial charge in [0.25, 0.3) is 11.8 Å². The summed E-state index contributed by atoms with van der Waals surface area (Å²) in [4.78, 5) is 29.4. The van der Waals surface area contributed by atoms with Gasteiger partial charge in [-0.1, -0.05) is 12.1 Å². The van der Waals surface area contributed by atoms with Crippen molar-refractivity contribution in [3.05, 3.63) is 81.1 Å². The molecule has 2 aromatic carbocycles. The van der Waals surface area contributed by atoms with E-state index in [0.717, 1.165) is 10.6 Å². The minimum atomic E-state index is -0.440. The van der Waals surface area contributed by atoms with Crippen molar-refractivity contribution in [2.45, 2.75) is 20.3 Å². The average molecular weight is 413 g/mol. The number of hydrogen-bond acceptors (Lipinski definition) is 5. The van der Waals surface area contributed by atoms with Crippen LogP contribution in [0.25, 0.3) is 0 Å². The van der Waals surface area contributed by atoms with E-state index in [0.29, 0.717) is 34.9 Å². The number of carbonyl (C=O) groups is 2. The standard InChI is InChI=1S/C21H20FN3O3S/c1-3-28-17-10-6-15(7-11-17)20(26)24-25-21(27)19-13(2)23-18(29-19)12-14-4-8-16(22)9-5-14/h4-11H,3,12H2,1-2H3,(H,24,26)(H,25,27). The molecule has 0 spiro atoms. The van der Waals surface area contributed by atoms with Gasteiger partial charge in [-0.3, -0.25) is 20.4 Å². The van der Waals surface area contributed by atoms with Crippen molar-refractivity contribution in [3.8, 4) is 5.75 Å². The zero-order valence-electron chi connectivity index (χ0n) is 16.0. The molecule has 29 heavy (non-hydrogen) atoms. The van der Waals surface area contributed by atoms with Crippen molar-refractivity contribution in [1.82, 2.24) is 15.8 Å². The highest BCUT2D eigenvalue weighted by Crippen LogP contribution is 2.21. The summed E-state index contributed by atoms with van der Waals surface area (Å²) < 4.78 is 18.4. The SMILES string of the molecule is CCOc1ccc(C(=O)NNC(=O)c2sc(Cc3ccc(F)cc3)nc2C)cc1. The van der Waals surface area contributed by atoms with E-state index in [1.54, 1.807) is 43.3 Å². The van der Waals surface area contributed by atoms with Gasteiger partial charge in [0.2, 0.25) is 0 Å². The van der Waals surface area contributed by atoms with Gasteiger partial charge < -0.3 is 4.74 Å². The molecule has 3 rings (SSSR count). The van der Waals surface area contributed by atoms with Crippen molar-refractivity contribution in [2.75, 3.05) is 6.61 Å². The second kappa shape index (κ2) is 9.29. The third-order valence-corrected chi connectivity index (χ3v) is 5.19. The quantitative estimate of drug-likeness (QED) is 0.605. The summed E-state index contributed by atoms with van der Waals surface area (Å²) in [5.41, 5.74) is 6.68. The molecule has 0 aliphatic carbocycles. The van der Waals surface area contributed by atoms with Crippen LogP contribution in [0.3, 0.4) is 0 Å². The fourth-order valence-electron chi connectivity index (χ4n) is 2.63. The highest BCUT2D eigenvalue weighted by Gasteiger charge is 2.16. The summed E-state index contributed by atoms with van der Waals surface area (Å²) >= 11 is 1.24. The highest BCUT2D eigenvalue weighted by molar-refractivity contribution is 7.13. The molecule has 2 amide bonds. The second-order valence-corrected chi connectivity index (χ2v) is 7.27. The number of carbonyl (C=O) groups excluding carboxylic acids is 2. The number of aryl methyl sites for hydroxylation is 1. The summed E-state index contributed by atoms with van der Waals surface area (Å²) in [6.45, 7) is 4.15. The second-order valence-electron chi connectivity index (χ2n) is 6.19. The normalized spacial score (nSPS) is 10.4. The Balaban J connectivity index is 1.59. The van der Waals surface area contributed by atoms with Crippen LogP contribution in [-0.4, -0.2) is 23.4 Å². The Labute approximate surface area is 171 Å². The smallest absolute Gasteiger partial charge is 0.281 e. The summed E-state index contributed by atoms with van der Waals surface area (Å²) in [6.07, 6.45) is 0.498. The Bertz CT molecular complexity index is 1000. The van der Waals surface area contributed by atoms with Crippen molar-refractivity contribution in [2.24, 2.45) is 0 Å². The van der Waals surface area contributed by atoms with Crippen LogP contribution >= 0.6 is 11.3 Å². The number of nitrogens with zero attached hydrogens (tertiary/aromatic N) is 1. The molecule has 2 N–H and O–H groups in total. The van der Waals surface area contributed by atoms with Crippen LogP contribution in [0.1, 0.15) is 43.2 Å². The maximum atomic E-state index is 13.0. The van der Waals surface area contributed by atoms with Crippen LogP contribution in [0.2, 0.25) is 0 Å². The van der Waals surface area contributed by atoms with E-state index in [4.69, 9.17) is 4.74 Å². The van der Waals surface area contributed by atoms with Crippen molar-refractivity contribution in [1.29, 1.82) is 0 Å². The maximum Gasteiger partial charge on any atom is 0.281 e. The number of halogens is 1. The Morgan fingerprint density at radius 1 is 1.03 bits per heavy atom. The fourth-order valence-corrected chi connectivity index (χ4v) is 3.62. The molecule has 0 unspecified atom stereocenters. The number of amides is 2. The topological polar surface area (TPSA) is 80.3 Å². The molecule has 0 aliphatic heterocycles. The predicted molar refractivity (Wildman–Crippen MR) is 109 cm³/mol. The van der Waals surface area contributed by atoms with Crippen molar-refractivity contribution < 1.29 is 18.7 Å². The van der Waals surface area contributed by atoms with Gasteiger partial charge in [0.05, 0.1) is 17.3 Å². The minimum absolute atomic E-state index is 0.299. The van der Waals surface area contributed by atoms with E-state index in [1.165, 1.54) is 23.5 Å². The molecule has 0 bridgehead atoms. The Kier molecular flexibility index (Phi) is 6.56. The molecular weight excluding hydrogens is 393 g/mol. The molecule has 1 heterocycles. The molecule has 6 nitrogen and oxygen atoms in total. The van der Waals surface area contributed by atoms with E-state index in [9.17, 15) is 14.0 Å². The van der Waals surface area contributed by atoms with Crippen LogP contribution < -0.4 is 15.6 Å². The van der Waals surface area contributed by atoms with Gasteiger partial charge in [-0.15, -0.1) is 11.3 Å². The lowest BCUT2D eigenvalue weighted by Gasteiger charge is -2.07. The van der Waals surface area contributed by atoms with Crippen LogP contribution in [0.4, 0.5) is 4.39 Å². The molecule has 0 saturated carbocycles. The molecule has 0 atom stereocenters. The number of hydrazine groups is 1. The zero-order valence-corrected chi connectivity index (χ0v) is 16.8. The van der Waals surface area contributed by atoms with Gasteiger partial charge in [0.15, 0.2) is 0 Å². The largest absolute Gasteiger partial charge is 0.494 e. The molecular formula is C21H20FN3O3S. The lowest BCUT2D eigenvalue weighted by molar-refractivity contribution is 0.0848. The number of ether oxygens (including phenoxy) is 1. The molecule has 0 radical (unpaired) electrons. The van der Waals surface area contributed by atoms with Gasteiger partial charge in [-0.25, -0.2) is 9.37 Å². The first-order valence-corrected chi connectivity index (χ1v) is 9.82. The van der Waals surface area contributed by atoms with Gasteiger partial charge >= 0.3 is 0 Å². The summed E-state index contributed by atoms with van der Waals surface area (Å²) in [5, 5.41) is 0.733. The van der Waals surface area contributed by atoms with Crippen LogP contribution in [0.5, 0.6) is 5.75 Å². The van der Waals surface area contributed by atoms with Crippen molar-refractivity contribution >= 4 is 23.2 Å². The van der Waals surface area contributed by atoms with Gasteiger partial charge in [-0.2, -0.15) is 0 Å². The van der Waals surface area contributed by atoms with E-state index in [1.807, 2.05) is 6.92 Å². The molecule has 150 valence electrons. The van der Waals surface area contributed by atoms with Crippen molar-refractivity contribution in [3.63, 3.8) is 0 Å². The van der Waals surface area contributed by atoms with E-state index in [2.05, 4.69) is 15.8 Å². The number of benzene rings is 2. The fraction of sp³-hybridized carbons (Fsp3) is 0.190. The Morgan fingerprint density at radius 3 is 2.34 bits per heavy atom. The first-order valence-electron chi connectivity index (χ1n) is 9.00. The minimum Gasteiger partial charge on any atom is -0.494 e. The number of thiazole rings is 1. The number of rotatable bonds is 6. The zero-order chi connectivity index (χ0) is 20.8. The Morgan fingerprint density at radius 2 is 1.69 bits per heavy atom. The van der Waals surface area contributed by atoms with Gasteiger partial charge in [0, 0.05) is 12.0 Å². The number of aromatic nitrogens is 1. The average Bonchev–Trinajstić information content (AvgIpc) is 3.08. The first-order chi connectivity index (χ1) is 14.0. The van der Waals surface area contributed by atoms with Crippen LogP contribution in [0, 0.1) is 12.7 Å². The molecule has 0 aliphatic rings. The molecule has 3 aromatic rings.